The van der Waals surface area contributed by atoms with Crippen molar-refractivity contribution in [2.24, 2.45) is 5.41 Å². The molecule has 0 radical (unpaired) electrons. The molecule has 4 nitrogen and oxygen atoms in total. The molecule has 2 aliphatic heterocycles. The van der Waals surface area contributed by atoms with Crippen LogP contribution in [0.2, 0.25) is 5.02 Å². The minimum atomic E-state index is -4.45. The van der Waals surface area contributed by atoms with Crippen molar-refractivity contribution < 1.29 is 27.4 Å². The zero-order chi connectivity index (χ0) is 19.9. The number of carbonyl (C=O) groups excluding carboxylic acids is 1. The molecule has 0 N–H and O–H groups in total. The van der Waals surface area contributed by atoms with Gasteiger partial charge < -0.3 is 14.4 Å². The third-order valence-electron chi connectivity index (χ3n) is 5.01. The van der Waals surface area contributed by atoms with Gasteiger partial charge in [-0.2, -0.15) is 13.2 Å². The molecule has 0 atom stereocenters. The van der Waals surface area contributed by atoms with Crippen LogP contribution in [0, 0.1) is 5.41 Å². The van der Waals surface area contributed by atoms with Crippen molar-refractivity contribution in [2.45, 2.75) is 12.8 Å². The van der Waals surface area contributed by atoms with E-state index in [1.807, 2.05) is 0 Å². The number of hydrogen-bond acceptors (Lipinski definition) is 3. The number of nitrogens with zero attached hydrogens (tertiary/aromatic N) is 1. The molecule has 8 heteroatoms. The third-order valence-corrected chi connectivity index (χ3v) is 5.31. The SMILES string of the molecule is O=C(c1ccc(COc2ccc(C(F)(F)F)cc2Cl)cc1)N1CC2(COC2)C1. The first-order valence-electron chi connectivity index (χ1n) is 8.71. The molecule has 0 bridgehead atoms. The highest BCUT2D eigenvalue weighted by molar-refractivity contribution is 6.32. The fourth-order valence-electron chi connectivity index (χ4n) is 3.36. The molecule has 148 valence electrons. The standard InChI is InChI=1S/C20H17ClF3NO3/c21-16-7-15(20(22,23)24)5-6-17(16)28-8-13-1-3-14(4-2-13)18(26)25-9-19(10-25)11-27-12-19/h1-7H,8-12H2. The normalized spacial score (nSPS) is 17.8. The molecular weight excluding hydrogens is 395 g/mol. The zero-order valence-electron chi connectivity index (χ0n) is 14.8. The Balaban J connectivity index is 1.34. The summed E-state index contributed by atoms with van der Waals surface area (Å²) in [5.74, 6) is 0.152. The molecule has 2 aliphatic rings. The lowest BCUT2D eigenvalue weighted by Crippen LogP contribution is -2.67. The van der Waals surface area contributed by atoms with Crippen LogP contribution in [0.4, 0.5) is 13.2 Å². The lowest BCUT2D eigenvalue weighted by Gasteiger charge is -2.54. The number of alkyl halides is 3. The fraction of sp³-hybridized carbons (Fsp3) is 0.350. The highest BCUT2D eigenvalue weighted by atomic mass is 35.5. The number of carbonyl (C=O) groups is 1. The summed E-state index contributed by atoms with van der Waals surface area (Å²) in [6, 6.07) is 9.92. The summed E-state index contributed by atoms with van der Waals surface area (Å²) in [5, 5.41) is -0.103. The summed E-state index contributed by atoms with van der Waals surface area (Å²) < 4.78 is 48.7. The summed E-state index contributed by atoms with van der Waals surface area (Å²) in [4.78, 5) is 14.2. The number of likely N-dealkylation sites (tertiary alicyclic amines) is 1. The minimum absolute atomic E-state index is 0.0178. The second-order valence-electron chi connectivity index (χ2n) is 7.28. The highest BCUT2D eigenvalue weighted by Crippen LogP contribution is 2.38. The van der Waals surface area contributed by atoms with Gasteiger partial charge in [0.2, 0.25) is 0 Å². The van der Waals surface area contributed by atoms with Gasteiger partial charge in [-0.3, -0.25) is 4.79 Å². The van der Waals surface area contributed by atoms with Crippen LogP contribution in [0.1, 0.15) is 21.5 Å². The largest absolute Gasteiger partial charge is 0.487 e. The van der Waals surface area contributed by atoms with Crippen LogP contribution in [0.15, 0.2) is 42.5 Å². The van der Waals surface area contributed by atoms with Crippen LogP contribution >= 0.6 is 11.6 Å². The first-order chi connectivity index (χ1) is 13.3. The maximum atomic E-state index is 12.7. The topological polar surface area (TPSA) is 38.8 Å². The van der Waals surface area contributed by atoms with E-state index in [-0.39, 0.29) is 28.7 Å². The number of rotatable bonds is 4. The maximum absolute atomic E-state index is 12.7. The lowest BCUT2D eigenvalue weighted by molar-refractivity contribution is -0.176. The molecule has 28 heavy (non-hydrogen) atoms. The minimum Gasteiger partial charge on any atom is -0.487 e. The molecule has 1 spiro atoms. The van der Waals surface area contributed by atoms with Crippen molar-refractivity contribution in [3.8, 4) is 5.75 Å². The van der Waals surface area contributed by atoms with E-state index in [1.54, 1.807) is 29.2 Å². The molecule has 0 aliphatic carbocycles. The van der Waals surface area contributed by atoms with Gasteiger partial charge >= 0.3 is 6.18 Å². The number of benzene rings is 2. The van der Waals surface area contributed by atoms with Gasteiger partial charge in [0.25, 0.3) is 5.91 Å². The molecule has 2 aromatic carbocycles. The Hall–Kier alpha value is -2.25. The fourth-order valence-corrected chi connectivity index (χ4v) is 3.60. The van der Waals surface area contributed by atoms with E-state index in [0.717, 1.165) is 44.0 Å². The second-order valence-corrected chi connectivity index (χ2v) is 7.69. The summed E-state index contributed by atoms with van der Waals surface area (Å²) in [6.07, 6.45) is -4.45. The third kappa shape index (κ3) is 3.69. The van der Waals surface area contributed by atoms with Crippen molar-refractivity contribution in [1.82, 2.24) is 4.90 Å². The van der Waals surface area contributed by atoms with Gasteiger partial charge in [-0.05, 0) is 35.9 Å². The smallest absolute Gasteiger partial charge is 0.416 e. The van der Waals surface area contributed by atoms with Crippen LogP contribution in [0.5, 0.6) is 5.75 Å². The monoisotopic (exact) mass is 411 g/mol. The van der Waals surface area contributed by atoms with Crippen LogP contribution in [-0.4, -0.2) is 37.1 Å². The Labute approximate surface area is 164 Å². The molecule has 4 rings (SSSR count). The van der Waals surface area contributed by atoms with Crippen molar-refractivity contribution >= 4 is 17.5 Å². The molecule has 2 saturated heterocycles. The Morgan fingerprint density at radius 3 is 2.36 bits per heavy atom. The molecular formula is C20H17ClF3NO3. The number of halogens is 4. The Bertz CT molecular complexity index is 887. The second kappa shape index (κ2) is 6.97. The van der Waals surface area contributed by atoms with E-state index in [4.69, 9.17) is 21.1 Å². The Kier molecular flexibility index (Phi) is 4.75. The number of hydrogen-bond donors (Lipinski definition) is 0. The molecule has 0 saturated carbocycles. The molecule has 2 aromatic rings. The lowest BCUT2D eigenvalue weighted by atomic mass is 9.78. The first kappa shape index (κ1) is 19.1. The molecule has 1 amide bonds. The van der Waals surface area contributed by atoms with E-state index in [2.05, 4.69) is 0 Å². The highest BCUT2D eigenvalue weighted by Gasteiger charge is 2.50. The average Bonchev–Trinajstić information content (AvgIpc) is 2.57. The van der Waals surface area contributed by atoms with Crippen LogP contribution in [0.3, 0.4) is 0 Å². The van der Waals surface area contributed by atoms with E-state index in [0.29, 0.717) is 5.56 Å². The molecule has 2 heterocycles. The van der Waals surface area contributed by atoms with Gasteiger partial charge in [-0.1, -0.05) is 23.7 Å². The van der Waals surface area contributed by atoms with E-state index >= 15 is 0 Å². The Morgan fingerprint density at radius 1 is 1.14 bits per heavy atom. The molecule has 2 fully saturated rings. The maximum Gasteiger partial charge on any atom is 0.416 e. The van der Waals surface area contributed by atoms with E-state index in [1.165, 1.54) is 6.07 Å². The van der Waals surface area contributed by atoms with Crippen LogP contribution < -0.4 is 4.74 Å². The van der Waals surface area contributed by atoms with Gasteiger partial charge in [0.1, 0.15) is 12.4 Å². The van der Waals surface area contributed by atoms with Crippen molar-refractivity contribution in [3.63, 3.8) is 0 Å². The predicted octanol–water partition coefficient (Wildman–Crippen LogP) is 4.41. The molecule has 0 aromatic heterocycles. The average molecular weight is 412 g/mol. The van der Waals surface area contributed by atoms with Gasteiger partial charge in [0, 0.05) is 18.7 Å². The zero-order valence-corrected chi connectivity index (χ0v) is 15.5. The van der Waals surface area contributed by atoms with Gasteiger partial charge in [0.15, 0.2) is 0 Å². The van der Waals surface area contributed by atoms with Crippen LogP contribution in [0.25, 0.3) is 0 Å². The van der Waals surface area contributed by atoms with Crippen molar-refractivity contribution in [1.29, 1.82) is 0 Å². The number of ether oxygens (including phenoxy) is 2. The number of amides is 1. The first-order valence-corrected chi connectivity index (χ1v) is 9.09. The molecule has 0 unspecified atom stereocenters. The van der Waals surface area contributed by atoms with E-state index in [9.17, 15) is 18.0 Å². The summed E-state index contributed by atoms with van der Waals surface area (Å²) >= 11 is 5.88. The quantitative estimate of drug-likeness (QED) is 0.748. The summed E-state index contributed by atoms with van der Waals surface area (Å²) in [5.41, 5.74) is 0.713. The summed E-state index contributed by atoms with van der Waals surface area (Å²) in [7, 11) is 0. The van der Waals surface area contributed by atoms with Crippen LogP contribution in [-0.2, 0) is 17.5 Å². The summed E-state index contributed by atoms with van der Waals surface area (Å²) in [6.45, 7) is 3.02. The van der Waals surface area contributed by atoms with Crippen molar-refractivity contribution in [3.05, 3.63) is 64.2 Å². The predicted molar refractivity (Wildman–Crippen MR) is 96.4 cm³/mol. The Morgan fingerprint density at radius 2 is 1.82 bits per heavy atom. The van der Waals surface area contributed by atoms with Gasteiger partial charge in [0.05, 0.1) is 29.2 Å². The van der Waals surface area contributed by atoms with E-state index < -0.39 is 11.7 Å². The van der Waals surface area contributed by atoms with Crippen molar-refractivity contribution in [2.75, 3.05) is 26.3 Å². The van der Waals surface area contributed by atoms with Gasteiger partial charge in [-0.15, -0.1) is 0 Å². The van der Waals surface area contributed by atoms with Gasteiger partial charge in [-0.25, -0.2) is 0 Å².